The number of ether oxygens (including phenoxy) is 8. The second-order valence-electron chi connectivity index (χ2n) is 29.3. The number of nitrogens with zero attached hydrogens (tertiary/aromatic N) is 8. The molecule has 6 aliphatic heterocycles. The van der Waals surface area contributed by atoms with E-state index < -0.39 is 11.2 Å². The van der Waals surface area contributed by atoms with Gasteiger partial charge in [0.1, 0.15) is 28.5 Å². The van der Waals surface area contributed by atoms with E-state index in [-0.39, 0.29) is 54.3 Å². The summed E-state index contributed by atoms with van der Waals surface area (Å²) in [6.45, 7) is 28.1. The molecular weight excluding hydrogens is 1260 g/mol. The van der Waals surface area contributed by atoms with Gasteiger partial charge in [-0.2, -0.15) is 15.3 Å². The summed E-state index contributed by atoms with van der Waals surface area (Å²) >= 11 is 0. The Hall–Kier alpha value is -7.82. The molecule has 0 bridgehead atoms. The number of hydrogen-bond donors (Lipinski definition) is 3. The SMILES string of the molecule is Cc1c(C(=O)NC[C@@H]2CCCO2)oc2c1-c1nn(CC3CN(C(=O)OC(C)(C)C)C3)cc1CC2.Cc1c(C(=O)NC[C@@H]2COCCO2)oc2c1-c1nn(CC3CN(C(=O)OC(C)(C)C)C3)cc1CC2.Cc1c(C(=O)NC[C@@H]2COCCO2)oc2c1-c1nn(C[C@@H]3CCCO3)cc1CC2. The van der Waals surface area contributed by atoms with Crippen molar-refractivity contribution in [3.8, 4) is 33.8 Å². The molecule has 0 spiro atoms. The number of likely N-dealkylation sites (tertiary alicyclic amines) is 2. The fourth-order valence-electron chi connectivity index (χ4n) is 14.2. The summed E-state index contributed by atoms with van der Waals surface area (Å²) < 4.78 is 68.1. The summed E-state index contributed by atoms with van der Waals surface area (Å²) in [5.74, 6) is 3.58. The molecule has 0 radical (unpaired) electrons. The van der Waals surface area contributed by atoms with Crippen LogP contribution in [0.15, 0.2) is 31.8 Å². The van der Waals surface area contributed by atoms with Crippen molar-refractivity contribution in [2.75, 3.05) is 98.7 Å². The molecule has 27 heteroatoms. The summed E-state index contributed by atoms with van der Waals surface area (Å²) in [4.78, 5) is 66.2. The molecule has 6 fully saturated rings. The Morgan fingerprint density at radius 3 is 1.14 bits per heavy atom. The fourth-order valence-corrected chi connectivity index (χ4v) is 14.2. The number of carbonyl (C=O) groups excluding carboxylic acids is 5. The lowest BCUT2D eigenvalue weighted by molar-refractivity contribution is -0.0856. The number of aromatic nitrogens is 6. The fraction of sp³-hybridized carbons (Fsp3) is 0.634. The number of aryl methyl sites for hydroxylation is 6. The van der Waals surface area contributed by atoms with Crippen molar-refractivity contribution in [2.45, 2.75) is 182 Å². The average Bonchev–Trinajstić information content (AvgIpc) is 1.62. The number of fused-ring (bicyclic) bond motifs is 9. The molecule has 530 valence electrons. The summed E-state index contributed by atoms with van der Waals surface area (Å²) in [7, 11) is 0. The van der Waals surface area contributed by atoms with Gasteiger partial charge in [-0.15, -0.1) is 0 Å². The van der Waals surface area contributed by atoms with E-state index in [2.05, 4.69) is 34.5 Å². The molecular formula is C71H95N11O16. The van der Waals surface area contributed by atoms with Gasteiger partial charge in [-0.05, 0) is 124 Å². The highest BCUT2D eigenvalue weighted by atomic mass is 16.6. The molecule has 9 aliphatic rings. The maximum Gasteiger partial charge on any atom is 0.410 e. The van der Waals surface area contributed by atoms with E-state index in [0.29, 0.717) is 115 Å². The molecule has 0 aromatic carbocycles. The molecule has 27 nitrogen and oxygen atoms in total. The highest BCUT2D eigenvalue weighted by molar-refractivity contribution is 5.97. The van der Waals surface area contributed by atoms with E-state index in [1.54, 1.807) is 9.80 Å². The largest absolute Gasteiger partial charge is 0.455 e. The van der Waals surface area contributed by atoms with Crippen LogP contribution in [0.3, 0.4) is 0 Å². The zero-order chi connectivity index (χ0) is 68.6. The van der Waals surface area contributed by atoms with Crippen molar-refractivity contribution in [1.82, 2.24) is 55.1 Å². The number of hydrogen-bond acceptors (Lipinski definition) is 19. The van der Waals surface area contributed by atoms with Crippen molar-refractivity contribution < 1.29 is 75.1 Å². The molecule has 12 heterocycles. The van der Waals surface area contributed by atoms with Gasteiger partial charge in [-0.3, -0.25) is 28.4 Å². The first-order chi connectivity index (χ1) is 47.0. The van der Waals surface area contributed by atoms with Crippen LogP contribution in [0.2, 0.25) is 0 Å². The molecule has 3 aliphatic carbocycles. The standard InChI is InChI=1S/C25H34N4O6.C25H34N4O5.C21H27N3O5/c1-15-20-19(34-22(15)23(30)26-9-18-14-32-7-8-33-18)6-5-17-13-29(27-21(17)20)12-16-10-28(11-16)24(31)35-25(2,3)4;1-15-20-19(33-22(15)23(30)26-10-18-6-5-9-32-18)8-7-17-14-29(27-21(17)20)13-16-11-28(12-16)24(31)34-25(2,3)4;1-13-18-17(29-20(13)21(25)22-9-16-12-26-7-8-28-16)5-4-14-10-24(23-19(14)18)11-15-3-2-6-27-15/h13,16,18H,5-12,14H2,1-4H3,(H,26,30);14,16,18H,5-13H2,1-4H3,(H,26,30);10,15-16H,2-9,11-12H2,1H3,(H,22,25)/t2*18-;15-,16+/m100/s1. The van der Waals surface area contributed by atoms with Gasteiger partial charge in [-0.1, -0.05) is 0 Å². The molecule has 0 unspecified atom stereocenters. The predicted octanol–water partition coefficient (Wildman–Crippen LogP) is 7.76. The second kappa shape index (κ2) is 29.2. The smallest absolute Gasteiger partial charge is 0.410 e. The third-order valence-electron chi connectivity index (χ3n) is 19.2. The molecule has 6 saturated heterocycles. The van der Waals surface area contributed by atoms with Crippen molar-refractivity contribution >= 4 is 29.9 Å². The van der Waals surface area contributed by atoms with E-state index in [4.69, 9.17) is 66.4 Å². The van der Waals surface area contributed by atoms with E-state index in [1.165, 1.54) is 11.1 Å². The summed E-state index contributed by atoms with van der Waals surface area (Å²) in [6, 6.07) is 0. The molecule has 6 aromatic heterocycles. The van der Waals surface area contributed by atoms with E-state index >= 15 is 0 Å². The van der Waals surface area contributed by atoms with Crippen LogP contribution in [0.4, 0.5) is 9.59 Å². The Bertz CT molecular complexity index is 3860. The number of amides is 5. The van der Waals surface area contributed by atoms with Crippen LogP contribution in [0, 0.1) is 32.6 Å². The van der Waals surface area contributed by atoms with Gasteiger partial charge in [0.2, 0.25) is 0 Å². The van der Waals surface area contributed by atoms with Crippen LogP contribution in [0.1, 0.15) is 150 Å². The van der Waals surface area contributed by atoms with Gasteiger partial charge < -0.3 is 76.9 Å². The van der Waals surface area contributed by atoms with Gasteiger partial charge in [0.15, 0.2) is 17.3 Å². The first-order valence-electron chi connectivity index (χ1n) is 35.0. The highest BCUT2D eigenvalue weighted by Crippen LogP contribution is 2.42. The Morgan fingerprint density at radius 1 is 0.459 bits per heavy atom. The first kappa shape index (κ1) is 68.7. The third kappa shape index (κ3) is 15.8. The van der Waals surface area contributed by atoms with Crippen LogP contribution in [-0.2, 0) is 96.1 Å². The van der Waals surface area contributed by atoms with Gasteiger partial charge in [0, 0.05) is 155 Å². The lowest BCUT2D eigenvalue weighted by atomic mass is 9.93. The summed E-state index contributed by atoms with van der Waals surface area (Å²) in [5, 5.41) is 23.3. The monoisotopic (exact) mass is 1360 g/mol. The predicted molar refractivity (Wildman–Crippen MR) is 355 cm³/mol. The quantitative estimate of drug-likeness (QED) is 0.0884. The molecule has 3 N–H and O–H groups in total. The van der Waals surface area contributed by atoms with Gasteiger partial charge in [-0.25, -0.2) is 9.59 Å². The number of nitrogens with one attached hydrogen (secondary N) is 3. The Kier molecular flexibility index (Phi) is 20.4. The minimum Gasteiger partial charge on any atom is -0.455 e. The molecule has 98 heavy (non-hydrogen) atoms. The second-order valence-corrected chi connectivity index (χ2v) is 29.3. The number of carbonyl (C=O) groups is 5. The van der Waals surface area contributed by atoms with E-state index in [1.807, 2.05) is 76.4 Å². The first-order valence-corrected chi connectivity index (χ1v) is 35.0. The molecule has 6 aromatic rings. The zero-order valence-corrected chi connectivity index (χ0v) is 58.1. The van der Waals surface area contributed by atoms with Gasteiger partial charge in [0.05, 0.1) is 87.7 Å². The number of rotatable bonds is 15. The summed E-state index contributed by atoms with van der Waals surface area (Å²) in [6.07, 6.45) is 14.9. The van der Waals surface area contributed by atoms with Crippen LogP contribution < -0.4 is 16.0 Å². The normalized spacial score (nSPS) is 21.1. The topological polar surface area (TPSA) is 295 Å². The van der Waals surface area contributed by atoms with Crippen molar-refractivity contribution in [2.24, 2.45) is 11.8 Å². The summed E-state index contributed by atoms with van der Waals surface area (Å²) in [5.41, 5.74) is 10.6. The Morgan fingerprint density at radius 2 is 0.806 bits per heavy atom. The van der Waals surface area contributed by atoms with Crippen LogP contribution >= 0.6 is 0 Å². The minimum absolute atomic E-state index is 0.0916. The maximum atomic E-state index is 12.8. The molecule has 15 rings (SSSR count). The van der Waals surface area contributed by atoms with Crippen molar-refractivity contribution in [3.05, 3.63) is 86.5 Å². The van der Waals surface area contributed by atoms with Gasteiger partial charge >= 0.3 is 12.2 Å². The average molecular weight is 1360 g/mol. The highest BCUT2D eigenvalue weighted by Gasteiger charge is 2.39. The lowest BCUT2D eigenvalue weighted by Gasteiger charge is -2.39. The van der Waals surface area contributed by atoms with Crippen molar-refractivity contribution in [1.29, 1.82) is 0 Å². The number of furan rings is 3. The molecule has 4 atom stereocenters. The Labute approximate surface area is 570 Å². The van der Waals surface area contributed by atoms with Crippen molar-refractivity contribution in [3.63, 3.8) is 0 Å². The van der Waals surface area contributed by atoms with E-state index in [0.717, 1.165) is 170 Å². The maximum absolute atomic E-state index is 12.8. The molecule has 0 saturated carbocycles. The van der Waals surface area contributed by atoms with Crippen LogP contribution in [-0.4, -0.2) is 203 Å². The minimum atomic E-state index is -0.489. The van der Waals surface area contributed by atoms with Gasteiger partial charge in [0.25, 0.3) is 17.7 Å². The van der Waals surface area contributed by atoms with E-state index in [9.17, 15) is 24.0 Å². The zero-order valence-electron chi connectivity index (χ0n) is 58.1. The van der Waals surface area contributed by atoms with Crippen LogP contribution in [0.25, 0.3) is 33.8 Å². The van der Waals surface area contributed by atoms with Crippen LogP contribution in [0.5, 0.6) is 0 Å². The molecule has 5 amide bonds. The third-order valence-corrected chi connectivity index (χ3v) is 19.2. The Balaban J connectivity index is 0.000000133. The lowest BCUT2D eigenvalue weighted by Crippen LogP contribution is -2.52.